The van der Waals surface area contributed by atoms with Gasteiger partial charge in [-0.25, -0.2) is 4.79 Å². The zero-order valence-corrected chi connectivity index (χ0v) is 10.0. The van der Waals surface area contributed by atoms with E-state index >= 15 is 0 Å². The summed E-state index contributed by atoms with van der Waals surface area (Å²) in [5.41, 5.74) is -0.154. The lowest BCUT2D eigenvalue weighted by atomic mass is 10.2. The minimum atomic E-state index is -1.19. The number of halogens is 2. The first-order valence-corrected chi connectivity index (χ1v) is 5.16. The van der Waals surface area contributed by atoms with Gasteiger partial charge < -0.3 is 14.6 Å². The van der Waals surface area contributed by atoms with E-state index in [1.54, 1.807) is 0 Å². The molecule has 0 aliphatic carbocycles. The summed E-state index contributed by atoms with van der Waals surface area (Å²) in [6, 6.07) is 2.95. The Kier molecular flexibility index (Phi) is 4.86. The molecule has 1 aromatic rings. The van der Waals surface area contributed by atoms with Gasteiger partial charge in [0.2, 0.25) is 0 Å². The summed E-state index contributed by atoms with van der Waals surface area (Å²) in [6.45, 7) is 0.679. The highest BCUT2D eigenvalue weighted by molar-refractivity contribution is 6.40. The Morgan fingerprint density at radius 3 is 2.62 bits per heavy atom. The number of carboxylic acid groups (broad SMARTS) is 1. The fraction of sp³-hybridized carbons (Fsp3) is 0.300. The van der Waals surface area contributed by atoms with Crippen LogP contribution in [0.4, 0.5) is 0 Å². The van der Waals surface area contributed by atoms with E-state index in [9.17, 15) is 4.79 Å². The van der Waals surface area contributed by atoms with Crippen molar-refractivity contribution in [3.05, 3.63) is 27.7 Å². The largest absolute Gasteiger partial charge is 0.490 e. The third-order valence-corrected chi connectivity index (χ3v) is 2.50. The predicted molar refractivity (Wildman–Crippen MR) is 60.8 cm³/mol. The maximum absolute atomic E-state index is 10.9. The monoisotopic (exact) mass is 264 g/mol. The van der Waals surface area contributed by atoms with Crippen molar-refractivity contribution in [1.82, 2.24) is 0 Å². The second kappa shape index (κ2) is 5.94. The molecule has 1 rings (SSSR count). The smallest absolute Gasteiger partial charge is 0.338 e. The summed E-state index contributed by atoms with van der Waals surface area (Å²) in [5, 5.41) is 8.97. The highest BCUT2D eigenvalue weighted by Gasteiger charge is 2.17. The first kappa shape index (κ1) is 13.1. The summed E-state index contributed by atoms with van der Waals surface area (Å²) in [7, 11) is 1.54. The van der Waals surface area contributed by atoms with Crippen LogP contribution in [0.15, 0.2) is 12.1 Å². The lowest BCUT2D eigenvalue weighted by Crippen LogP contribution is -2.06. The van der Waals surface area contributed by atoms with Crippen molar-refractivity contribution in [1.29, 1.82) is 0 Å². The van der Waals surface area contributed by atoms with Gasteiger partial charge in [-0.2, -0.15) is 0 Å². The summed E-state index contributed by atoms with van der Waals surface area (Å²) < 4.78 is 10.0. The van der Waals surface area contributed by atoms with Crippen LogP contribution in [-0.2, 0) is 4.74 Å². The van der Waals surface area contributed by atoms with Gasteiger partial charge in [-0.1, -0.05) is 23.2 Å². The standard InChI is InChI=1S/C10H10Cl2O4/c1-15-4-5-16-7-3-2-6(11)8(9(7)12)10(13)14/h2-3H,4-5H2,1H3,(H,13,14). The molecule has 6 heteroatoms. The Morgan fingerprint density at radius 2 is 2.06 bits per heavy atom. The molecule has 88 valence electrons. The highest BCUT2D eigenvalue weighted by atomic mass is 35.5. The number of hydrogen-bond donors (Lipinski definition) is 1. The highest BCUT2D eigenvalue weighted by Crippen LogP contribution is 2.33. The summed E-state index contributed by atoms with van der Waals surface area (Å²) in [5.74, 6) is -0.910. The molecule has 0 spiro atoms. The maximum atomic E-state index is 10.9. The number of hydrogen-bond acceptors (Lipinski definition) is 3. The van der Waals surface area contributed by atoms with E-state index in [-0.39, 0.29) is 28.0 Å². The lowest BCUT2D eigenvalue weighted by Gasteiger charge is -2.10. The zero-order valence-electron chi connectivity index (χ0n) is 8.50. The number of aromatic carboxylic acids is 1. The Morgan fingerprint density at radius 1 is 1.38 bits per heavy atom. The molecule has 0 heterocycles. The molecule has 0 aromatic heterocycles. The topological polar surface area (TPSA) is 55.8 Å². The molecule has 0 amide bonds. The van der Waals surface area contributed by atoms with Gasteiger partial charge in [-0.3, -0.25) is 0 Å². The molecule has 0 saturated heterocycles. The number of carboxylic acids is 1. The average Bonchev–Trinajstić information content (AvgIpc) is 2.21. The second-order valence-corrected chi connectivity index (χ2v) is 3.67. The van der Waals surface area contributed by atoms with Crippen molar-refractivity contribution in [2.24, 2.45) is 0 Å². The Bertz CT molecular complexity index is 393. The van der Waals surface area contributed by atoms with Gasteiger partial charge in [-0.15, -0.1) is 0 Å². The van der Waals surface area contributed by atoms with Crippen molar-refractivity contribution in [2.45, 2.75) is 0 Å². The number of methoxy groups -OCH3 is 1. The third-order valence-electron chi connectivity index (χ3n) is 1.81. The van der Waals surface area contributed by atoms with Crippen molar-refractivity contribution < 1.29 is 19.4 Å². The van der Waals surface area contributed by atoms with Crippen LogP contribution in [0.25, 0.3) is 0 Å². The summed E-state index contributed by atoms with van der Waals surface area (Å²) in [4.78, 5) is 10.9. The SMILES string of the molecule is COCCOc1ccc(Cl)c(C(=O)O)c1Cl. The summed E-state index contributed by atoms with van der Waals surface area (Å²) in [6.07, 6.45) is 0. The average molecular weight is 265 g/mol. The fourth-order valence-corrected chi connectivity index (χ4v) is 1.66. The van der Waals surface area contributed by atoms with Crippen LogP contribution in [0.3, 0.4) is 0 Å². The van der Waals surface area contributed by atoms with Gasteiger partial charge in [0, 0.05) is 7.11 Å². The van der Waals surface area contributed by atoms with Gasteiger partial charge in [-0.05, 0) is 12.1 Å². The van der Waals surface area contributed by atoms with E-state index in [1.807, 2.05) is 0 Å². The lowest BCUT2D eigenvalue weighted by molar-refractivity contribution is 0.0696. The first-order valence-electron chi connectivity index (χ1n) is 4.41. The van der Waals surface area contributed by atoms with Crippen molar-refractivity contribution >= 4 is 29.2 Å². The molecule has 0 unspecified atom stereocenters. The van der Waals surface area contributed by atoms with Crippen LogP contribution in [0, 0.1) is 0 Å². The summed E-state index contributed by atoms with van der Waals surface area (Å²) >= 11 is 11.6. The van der Waals surface area contributed by atoms with Gasteiger partial charge in [0.1, 0.15) is 17.9 Å². The van der Waals surface area contributed by atoms with Crippen LogP contribution < -0.4 is 4.74 Å². The number of carbonyl (C=O) groups is 1. The van der Waals surface area contributed by atoms with E-state index in [0.29, 0.717) is 6.61 Å². The van der Waals surface area contributed by atoms with Crippen molar-refractivity contribution in [2.75, 3.05) is 20.3 Å². The predicted octanol–water partition coefficient (Wildman–Crippen LogP) is 2.72. The molecule has 16 heavy (non-hydrogen) atoms. The van der Waals surface area contributed by atoms with Crippen LogP contribution >= 0.6 is 23.2 Å². The number of rotatable bonds is 5. The van der Waals surface area contributed by atoms with E-state index < -0.39 is 5.97 Å². The van der Waals surface area contributed by atoms with E-state index in [4.69, 9.17) is 37.8 Å². The van der Waals surface area contributed by atoms with Gasteiger partial charge in [0.25, 0.3) is 0 Å². The molecular weight excluding hydrogens is 255 g/mol. The normalized spacial score (nSPS) is 10.2. The van der Waals surface area contributed by atoms with Crippen LogP contribution in [0.1, 0.15) is 10.4 Å². The second-order valence-electron chi connectivity index (χ2n) is 2.88. The Hall–Kier alpha value is -0.970. The molecule has 0 aliphatic rings. The van der Waals surface area contributed by atoms with E-state index in [2.05, 4.69) is 0 Å². The Balaban J connectivity index is 2.95. The quantitative estimate of drug-likeness (QED) is 0.831. The minimum Gasteiger partial charge on any atom is -0.490 e. The van der Waals surface area contributed by atoms with Gasteiger partial charge >= 0.3 is 5.97 Å². The van der Waals surface area contributed by atoms with Crippen LogP contribution in [-0.4, -0.2) is 31.4 Å². The maximum Gasteiger partial charge on any atom is 0.338 e. The molecule has 1 N–H and O–H groups in total. The molecule has 0 saturated carbocycles. The molecule has 0 atom stereocenters. The third kappa shape index (κ3) is 3.01. The van der Waals surface area contributed by atoms with Crippen LogP contribution in [0.5, 0.6) is 5.75 Å². The van der Waals surface area contributed by atoms with Gasteiger partial charge in [0.15, 0.2) is 0 Å². The van der Waals surface area contributed by atoms with E-state index in [1.165, 1.54) is 19.2 Å². The minimum absolute atomic E-state index is 0.00361. The molecule has 0 aliphatic heterocycles. The molecule has 0 bridgehead atoms. The number of ether oxygens (including phenoxy) is 2. The fourth-order valence-electron chi connectivity index (χ4n) is 1.08. The first-order chi connectivity index (χ1) is 7.57. The van der Waals surface area contributed by atoms with Gasteiger partial charge in [0.05, 0.1) is 16.7 Å². The van der Waals surface area contributed by atoms with Crippen LogP contribution in [0.2, 0.25) is 10.0 Å². The molecule has 0 fully saturated rings. The zero-order chi connectivity index (χ0) is 12.1. The Labute approximate surface area is 103 Å². The van der Waals surface area contributed by atoms with Crippen molar-refractivity contribution in [3.8, 4) is 5.75 Å². The molecular formula is C10H10Cl2O4. The molecule has 4 nitrogen and oxygen atoms in total. The number of benzene rings is 1. The van der Waals surface area contributed by atoms with E-state index in [0.717, 1.165) is 0 Å². The molecule has 0 radical (unpaired) electrons. The van der Waals surface area contributed by atoms with Crippen molar-refractivity contribution in [3.63, 3.8) is 0 Å². The molecule has 1 aromatic carbocycles.